The number of nitrogens with zero attached hydrogens (tertiary/aromatic N) is 2. The molecule has 2 heterocycles. The Bertz CT molecular complexity index is 4280. The number of aromatic nitrogens is 2. The standard InChI is InChI=1S/2C19H14N.C12H10Si.2C10H9.C7H8Si.4ClH.2Zr/c2*1-13-11-15-6-3-8-16(18(15)12-13)17-9-2-5-14-7-4-10-20-19(14)17;1-3-7-11(8-4-1)13-12-9-5-2-6-10-12;2*1-8-6-9-4-2-3-5-10(9)7-8;1-8-7-5-3-2-4-6-7;;;;;;/h2*2-12H,1H3;1-10H;2*2-7H,1H3;2-6H,1H3;4*1H;;/q2*-1;;2*-1;;;;;;2*+2. The molecule has 15 aromatic rings. The zero-order valence-corrected chi connectivity index (χ0v) is 59.5. The summed E-state index contributed by atoms with van der Waals surface area (Å²) < 4.78 is 0. The van der Waals surface area contributed by atoms with Gasteiger partial charge < -0.3 is 0 Å². The summed E-state index contributed by atoms with van der Waals surface area (Å²) in [4.78, 5) is 9.14. The van der Waals surface area contributed by atoms with Gasteiger partial charge in [-0.2, -0.15) is 24.3 Å². The quantitative estimate of drug-likeness (QED) is 0.127. The number of aryl methyl sites for hydroxylation is 4. The van der Waals surface area contributed by atoms with E-state index in [4.69, 9.17) is 0 Å². The molecule has 2 nitrogen and oxygen atoms in total. The van der Waals surface area contributed by atoms with E-state index in [2.05, 4.69) is 317 Å². The second-order valence-electron chi connectivity index (χ2n) is 20.9. The van der Waals surface area contributed by atoms with Crippen molar-refractivity contribution in [1.82, 2.24) is 9.97 Å². The van der Waals surface area contributed by atoms with Crippen LogP contribution in [-0.4, -0.2) is 20.8 Å². The van der Waals surface area contributed by atoms with Gasteiger partial charge >= 0.3 is 171 Å². The van der Waals surface area contributed by atoms with E-state index in [1.807, 2.05) is 24.5 Å². The Kier molecular flexibility index (Phi) is 27.5. The molecule has 0 atom stereocenters. The molecule has 0 saturated heterocycles. The molecule has 0 saturated carbocycles. The number of hydrogen-bond donors (Lipinski definition) is 0. The number of fused-ring (bicyclic) bond motifs is 6. The Morgan fingerprint density at radius 2 is 0.598 bits per heavy atom. The molecular formula is C77H68Cl4N2Si2Zr2. The van der Waals surface area contributed by atoms with Gasteiger partial charge in [0.15, 0.2) is 0 Å². The summed E-state index contributed by atoms with van der Waals surface area (Å²) in [5, 5.41) is 17.6. The van der Waals surface area contributed by atoms with Gasteiger partial charge in [-0.25, -0.2) is 0 Å². The van der Waals surface area contributed by atoms with E-state index in [1.165, 1.54) is 109 Å². The van der Waals surface area contributed by atoms with Crippen LogP contribution in [0.5, 0.6) is 0 Å². The Hall–Kier alpha value is -6.40. The number of hydrogen-bond acceptors (Lipinski definition) is 2. The molecule has 0 aliphatic carbocycles. The summed E-state index contributed by atoms with van der Waals surface area (Å²) in [6.45, 7) is 10.9. The van der Waals surface area contributed by atoms with E-state index in [9.17, 15) is 0 Å². The first-order valence-electron chi connectivity index (χ1n) is 28.1. The Balaban J connectivity index is 0.000000170. The fraction of sp³-hybridized carbons (Fsp3) is 0.0649. The van der Waals surface area contributed by atoms with E-state index < -0.39 is 5.43 Å². The van der Waals surface area contributed by atoms with Gasteiger partial charge in [0.2, 0.25) is 0 Å². The predicted molar refractivity (Wildman–Crippen MR) is 383 cm³/mol. The van der Waals surface area contributed by atoms with Crippen molar-refractivity contribution >= 4 is 141 Å². The first-order chi connectivity index (χ1) is 40.6. The van der Waals surface area contributed by atoms with Crippen molar-refractivity contribution in [3.05, 3.63) is 320 Å². The van der Waals surface area contributed by atoms with Gasteiger partial charge in [0, 0.05) is 23.2 Å². The Morgan fingerprint density at radius 3 is 0.977 bits per heavy atom. The minimum absolute atomic E-state index is 0. The van der Waals surface area contributed by atoms with Gasteiger partial charge in [0.25, 0.3) is 0 Å². The molecular weight excluding hydrogens is 1330 g/mol. The monoisotopic (exact) mass is 1400 g/mol. The maximum absolute atomic E-state index is 4.57. The molecule has 0 bridgehead atoms. The van der Waals surface area contributed by atoms with E-state index >= 15 is 0 Å². The predicted octanol–water partition coefficient (Wildman–Crippen LogP) is 20.0. The first-order valence-corrected chi connectivity index (χ1v) is 39.0. The van der Waals surface area contributed by atoms with Crippen LogP contribution in [0.3, 0.4) is 0 Å². The van der Waals surface area contributed by atoms with Crippen molar-refractivity contribution in [2.45, 2.75) is 34.2 Å². The number of pyridine rings is 2. The average Bonchev–Trinajstić information content (AvgIpc) is 2.34. The third kappa shape index (κ3) is 18.4. The fourth-order valence-electron chi connectivity index (χ4n) is 10.6. The summed E-state index contributed by atoms with van der Waals surface area (Å²) in [7, 11) is 0. The molecule has 0 N–H and O–H groups in total. The maximum atomic E-state index is 4.57. The van der Waals surface area contributed by atoms with Crippen LogP contribution in [0.15, 0.2) is 298 Å². The van der Waals surface area contributed by atoms with E-state index in [-0.39, 0.29) is 55.1 Å². The molecule has 13 aromatic carbocycles. The second kappa shape index (κ2) is 34.4. The van der Waals surface area contributed by atoms with E-state index in [1.54, 1.807) is 51.9 Å². The van der Waals surface area contributed by atoms with E-state index in [0.717, 1.165) is 11.0 Å². The van der Waals surface area contributed by atoms with Crippen molar-refractivity contribution in [2.24, 2.45) is 0 Å². The third-order valence-corrected chi connectivity index (χ3v) is 23.9. The van der Waals surface area contributed by atoms with Gasteiger partial charge in [0.05, 0.1) is 11.0 Å². The fourth-order valence-corrected chi connectivity index (χ4v) is 16.3. The van der Waals surface area contributed by atoms with Crippen LogP contribution < -0.4 is 15.6 Å². The Morgan fingerprint density at radius 1 is 0.299 bits per heavy atom. The number of para-hydroxylation sites is 2. The molecule has 0 amide bonds. The van der Waals surface area contributed by atoms with Gasteiger partial charge in [-0.1, -0.05) is 112 Å². The number of benzene rings is 9. The first kappa shape index (κ1) is 69.7. The van der Waals surface area contributed by atoms with Crippen LogP contribution in [0.2, 0.25) is 6.55 Å². The van der Waals surface area contributed by atoms with Crippen LogP contribution in [0.25, 0.3) is 87.1 Å². The average molecular weight is 1400 g/mol. The normalized spacial score (nSPS) is 10.1. The molecule has 430 valence electrons. The topological polar surface area (TPSA) is 25.8 Å². The van der Waals surface area contributed by atoms with Crippen LogP contribution in [-0.2, 0) is 46.7 Å². The Labute approximate surface area is 568 Å². The molecule has 0 radical (unpaired) electrons. The van der Waals surface area contributed by atoms with Crippen molar-refractivity contribution in [3.63, 3.8) is 0 Å². The molecule has 10 heteroatoms. The van der Waals surface area contributed by atoms with Gasteiger partial charge in [-0.3, -0.25) is 9.97 Å². The van der Waals surface area contributed by atoms with Gasteiger partial charge in [0.1, 0.15) is 0 Å². The van der Waals surface area contributed by atoms with Crippen molar-refractivity contribution in [1.29, 1.82) is 0 Å². The molecule has 0 aliphatic rings. The second-order valence-corrected chi connectivity index (χ2v) is 33.8. The molecule has 87 heavy (non-hydrogen) atoms. The van der Waals surface area contributed by atoms with Crippen molar-refractivity contribution in [2.75, 3.05) is 0 Å². The zero-order valence-electron chi connectivity index (χ0n) is 49.3. The van der Waals surface area contributed by atoms with Crippen LogP contribution in [0.4, 0.5) is 0 Å². The van der Waals surface area contributed by atoms with Gasteiger partial charge in [-0.15, -0.1) is 200 Å². The summed E-state index contributed by atoms with van der Waals surface area (Å²) in [6, 6.07) is 101. The molecule has 0 fully saturated rings. The van der Waals surface area contributed by atoms with Gasteiger partial charge in [-0.05, 0) is 23.3 Å². The summed E-state index contributed by atoms with van der Waals surface area (Å²) in [5.74, 6) is 0. The molecule has 0 spiro atoms. The summed E-state index contributed by atoms with van der Waals surface area (Å²) in [5.41, 5.74) is 11.8. The number of rotatable bonds is 5. The van der Waals surface area contributed by atoms with Crippen LogP contribution in [0.1, 0.15) is 22.3 Å². The molecule has 2 aromatic heterocycles. The minimum atomic E-state index is -0.455. The summed E-state index contributed by atoms with van der Waals surface area (Å²) in [6.07, 6.45) is 3.73. The van der Waals surface area contributed by atoms with Crippen molar-refractivity contribution < 1.29 is 46.7 Å². The van der Waals surface area contributed by atoms with E-state index in [0.29, 0.717) is 0 Å². The molecule has 15 rings (SSSR count). The van der Waals surface area contributed by atoms with Crippen molar-refractivity contribution in [3.8, 4) is 22.3 Å². The number of halogens is 4. The molecule has 0 unspecified atom stereocenters. The third-order valence-electron chi connectivity index (χ3n) is 14.5. The van der Waals surface area contributed by atoms with Crippen LogP contribution >= 0.6 is 49.6 Å². The molecule has 0 aliphatic heterocycles. The van der Waals surface area contributed by atoms with Crippen LogP contribution in [0, 0.1) is 27.7 Å². The summed E-state index contributed by atoms with van der Waals surface area (Å²) >= 11 is 3.34. The SMILES string of the molecule is C[Si](=[Zr+2])c1ccccc1.Cc1cc2c(-c3cccc4cccnc34)cccc2[cH-]1.Cc1cc2c(-c3cccc4cccnc34)cccc2[cH-]1.Cc1cc2ccccc2[cH-]1.Cc1cc2ccccc2[cH-]1.Cl.Cl.Cl.Cl.[Zr+2]=[Si](c1ccccc1)c1ccccc1. The zero-order chi connectivity index (χ0) is 57.5.